The molecule has 2 heterocycles. The van der Waals surface area contributed by atoms with Crippen LogP contribution in [0.1, 0.15) is 25.8 Å². The van der Waals surface area contributed by atoms with Crippen molar-refractivity contribution in [3.63, 3.8) is 0 Å². The van der Waals surface area contributed by atoms with E-state index in [9.17, 15) is 14.4 Å². The molecule has 0 radical (unpaired) electrons. The number of nitrogens with zero attached hydrogens (tertiary/aromatic N) is 3. The van der Waals surface area contributed by atoms with Gasteiger partial charge in [-0.25, -0.2) is 4.98 Å². The molecule has 0 unspecified atom stereocenters. The van der Waals surface area contributed by atoms with Crippen molar-refractivity contribution in [3.8, 4) is 22.9 Å². The van der Waals surface area contributed by atoms with Gasteiger partial charge in [-0.3, -0.25) is 14.4 Å². The summed E-state index contributed by atoms with van der Waals surface area (Å²) < 4.78 is 13.5. The molecule has 218 valence electrons. The molecule has 0 fully saturated rings. The van der Waals surface area contributed by atoms with Crippen LogP contribution in [0.5, 0.6) is 11.5 Å². The van der Waals surface area contributed by atoms with Crippen LogP contribution >= 0.6 is 11.6 Å². The van der Waals surface area contributed by atoms with Gasteiger partial charge in [0, 0.05) is 42.5 Å². The number of nitrogens with one attached hydrogen (secondary N) is 2. The molecule has 41 heavy (non-hydrogen) atoms. The van der Waals surface area contributed by atoms with Crippen molar-refractivity contribution in [3.05, 3.63) is 65.4 Å². The first-order valence-electron chi connectivity index (χ1n) is 13.7. The molecule has 0 saturated carbocycles. The van der Waals surface area contributed by atoms with E-state index in [1.54, 1.807) is 25.4 Å². The molecule has 2 N–H and O–H groups in total. The van der Waals surface area contributed by atoms with Crippen LogP contribution in [0, 0.1) is 5.92 Å². The van der Waals surface area contributed by atoms with Gasteiger partial charge < -0.3 is 29.6 Å². The summed E-state index contributed by atoms with van der Waals surface area (Å²) in [5, 5.41) is 6.33. The first-order chi connectivity index (χ1) is 19.8. The van der Waals surface area contributed by atoms with Gasteiger partial charge in [0.05, 0.1) is 20.2 Å². The summed E-state index contributed by atoms with van der Waals surface area (Å²) in [6, 6.07) is 12.1. The number of benzene rings is 2. The van der Waals surface area contributed by atoms with E-state index < -0.39 is 11.9 Å². The fourth-order valence-electron chi connectivity index (χ4n) is 4.67. The molecule has 3 amide bonds. The second-order valence-electron chi connectivity index (χ2n) is 10.1. The maximum absolute atomic E-state index is 13.3. The molecule has 1 aliphatic heterocycles. The van der Waals surface area contributed by atoms with Crippen molar-refractivity contribution in [2.75, 3.05) is 33.4 Å². The van der Waals surface area contributed by atoms with E-state index in [0.29, 0.717) is 41.9 Å². The summed E-state index contributed by atoms with van der Waals surface area (Å²) in [6.07, 6.45) is 4.13. The average Bonchev–Trinajstić information content (AvgIpc) is 3.42. The number of hydrogen-bond donors (Lipinski definition) is 2. The van der Waals surface area contributed by atoms with Gasteiger partial charge in [-0.1, -0.05) is 43.6 Å². The summed E-state index contributed by atoms with van der Waals surface area (Å²) in [4.78, 5) is 45.4. The summed E-state index contributed by atoms with van der Waals surface area (Å²) in [7, 11) is 1.56. The number of imidazole rings is 1. The van der Waals surface area contributed by atoms with Gasteiger partial charge in [0.2, 0.25) is 17.7 Å². The second kappa shape index (κ2) is 14.0. The highest BCUT2D eigenvalue weighted by molar-refractivity contribution is 6.31. The van der Waals surface area contributed by atoms with Crippen molar-refractivity contribution >= 4 is 29.3 Å². The molecular formula is C30H36ClN5O5. The summed E-state index contributed by atoms with van der Waals surface area (Å²) in [5.74, 6) is 0.635. The molecule has 3 aromatic rings. The molecule has 2 bridgehead atoms. The van der Waals surface area contributed by atoms with Gasteiger partial charge >= 0.3 is 0 Å². The largest absolute Gasteiger partial charge is 0.493 e. The standard InChI is InChI=1S/C30H36ClN5O5/c1-20(2)28-30(39)33-13-15-35-14-12-32-29(35)22-8-10-24(40-3)25(18-22)41-17-16-36(19-26(37)34-28)27(38)11-9-21-6-4-5-7-23(21)31/h4-8,10,12,14,18,20,28H,9,11,13,15-17,19H2,1-3H3,(H,33,39)(H,34,37)/t28-/m1/s1. The Labute approximate surface area is 245 Å². The Morgan fingerprint density at radius 2 is 2.00 bits per heavy atom. The Morgan fingerprint density at radius 1 is 1.20 bits per heavy atom. The van der Waals surface area contributed by atoms with Crippen molar-refractivity contribution in [2.24, 2.45) is 5.92 Å². The highest BCUT2D eigenvalue weighted by Gasteiger charge is 2.26. The van der Waals surface area contributed by atoms with Crippen molar-refractivity contribution in [1.29, 1.82) is 0 Å². The number of carbonyl (C=O) groups excluding carboxylic acids is 3. The summed E-state index contributed by atoms with van der Waals surface area (Å²) in [6.45, 7) is 4.60. The molecule has 0 spiro atoms. The maximum Gasteiger partial charge on any atom is 0.242 e. The van der Waals surface area contributed by atoms with Crippen LogP contribution < -0.4 is 20.1 Å². The van der Waals surface area contributed by atoms with Crippen LogP contribution in [-0.2, 0) is 27.3 Å². The van der Waals surface area contributed by atoms with Crippen LogP contribution in [0.4, 0.5) is 0 Å². The zero-order valence-electron chi connectivity index (χ0n) is 23.6. The quantitative estimate of drug-likeness (QED) is 0.478. The van der Waals surface area contributed by atoms with Crippen molar-refractivity contribution < 1.29 is 23.9 Å². The third kappa shape index (κ3) is 7.79. The van der Waals surface area contributed by atoms with Crippen molar-refractivity contribution in [1.82, 2.24) is 25.1 Å². The van der Waals surface area contributed by atoms with Gasteiger partial charge in [0.1, 0.15) is 18.5 Å². The van der Waals surface area contributed by atoms with Crippen LogP contribution in [0.2, 0.25) is 5.02 Å². The minimum absolute atomic E-state index is 0.119. The highest BCUT2D eigenvalue weighted by Crippen LogP contribution is 2.32. The van der Waals surface area contributed by atoms with E-state index in [2.05, 4.69) is 15.6 Å². The molecule has 11 heteroatoms. The van der Waals surface area contributed by atoms with Gasteiger partial charge in [-0.05, 0) is 42.2 Å². The van der Waals surface area contributed by atoms with Crippen LogP contribution in [0.25, 0.3) is 11.4 Å². The number of ether oxygens (including phenoxy) is 2. The Kier molecular flexibility index (Phi) is 10.2. The van der Waals surface area contributed by atoms with E-state index >= 15 is 0 Å². The number of amides is 3. The number of carbonyl (C=O) groups is 3. The minimum atomic E-state index is -0.754. The zero-order chi connectivity index (χ0) is 29.4. The number of hydrogen-bond acceptors (Lipinski definition) is 6. The van der Waals surface area contributed by atoms with Crippen LogP contribution in [0.3, 0.4) is 0 Å². The molecule has 2 aromatic carbocycles. The molecule has 4 rings (SSSR count). The van der Waals surface area contributed by atoms with E-state index in [-0.39, 0.29) is 43.8 Å². The highest BCUT2D eigenvalue weighted by atomic mass is 35.5. The van der Waals surface area contributed by atoms with Crippen LogP contribution in [0.15, 0.2) is 54.9 Å². The van der Waals surface area contributed by atoms with E-state index in [4.69, 9.17) is 21.1 Å². The fraction of sp³-hybridized carbons (Fsp3) is 0.400. The molecule has 0 aliphatic carbocycles. The number of halogens is 1. The Hall–Kier alpha value is -4.05. The monoisotopic (exact) mass is 581 g/mol. The number of rotatable bonds is 5. The number of fused-ring (bicyclic) bond motifs is 4. The van der Waals surface area contributed by atoms with E-state index in [1.807, 2.05) is 54.9 Å². The summed E-state index contributed by atoms with van der Waals surface area (Å²) in [5.41, 5.74) is 1.66. The topological polar surface area (TPSA) is 115 Å². The summed E-state index contributed by atoms with van der Waals surface area (Å²) >= 11 is 6.28. The van der Waals surface area contributed by atoms with Crippen molar-refractivity contribution in [2.45, 2.75) is 39.3 Å². The van der Waals surface area contributed by atoms with Crippen LogP contribution in [-0.4, -0.2) is 71.6 Å². The molecule has 1 aliphatic rings. The van der Waals surface area contributed by atoms with Gasteiger partial charge in [0.25, 0.3) is 0 Å². The second-order valence-corrected chi connectivity index (χ2v) is 10.6. The Bertz CT molecular complexity index is 1370. The normalized spacial score (nSPS) is 16.7. The molecule has 1 atom stereocenters. The van der Waals surface area contributed by atoms with E-state index in [1.165, 1.54) is 4.90 Å². The first-order valence-corrected chi connectivity index (χ1v) is 14.0. The fourth-order valence-corrected chi connectivity index (χ4v) is 4.90. The molecule has 10 nitrogen and oxygen atoms in total. The SMILES string of the molecule is COc1ccc2cc1OCCN(C(=O)CCc1ccccc1Cl)CC(=O)N[C@H](C(C)C)C(=O)NCCn1ccnc1-2. The smallest absolute Gasteiger partial charge is 0.242 e. The molecular weight excluding hydrogens is 546 g/mol. The predicted molar refractivity (Wildman–Crippen MR) is 156 cm³/mol. The predicted octanol–water partition coefficient (Wildman–Crippen LogP) is 3.32. The molecule has 1 aromatic heterocycles. The number of aryl methyl sites for hydroxylation is 1. The zero-order valence-corrected chi connectivity index (χ0v) is 24.3. The third-order valence-corrected chi connectivity index (χ3v) is 7.30. The maximum atomic E-state index is 13.3. The number of aromatic nitrogens is 2. The lowest BCUT2D eigenvalue weighted by Gasteiger charge is -2.26. The van der Waals surface area contributed by atoms with E-state index in [0.717, 1.165) is 11.1 Å². The minimum Gasteiger partial charge on any atom is -0.493 e. The number of methoxy groups -OCH3 is 1. The lowest BCUT2D eigenvalue weighted by atomic mass is 10.0. The third-order valence-electron chi connectivity index (χ3n) is 6.93. The van der Waals surface area contributed by atoms with Gasteiger partial charge in [-0.15, -0.1) is 0 Å². The molecule has 0 saturated heterocycles. The first kappa shape index (κ1) is 29.9. The average molecular weight is 582 g/mol. The Morgan fingerprint density at radius 3 is 2.76 bits per heavy atom. The lowest BCUT2D eigenvalue weighted by molar-refractivity contribution is -0.137. The van der Waals surface area contributed by atoms with Gasteiger partial charge in [-0.2, -0.15) is 0 Å². The van der Waals surface area contributed by atoms with Gasteiger partial charge in [0.15, 0.2) is 11.5 Å². The Balaban J connectivity index is 1.59. The lowest BCUT2D eigenvalue weighted by Crippen LogP contribution is -2.53.